The van der Waals surface area contributed by atoms with Crippen LogP contribution in [0.5, 0.6) is 5.75 Å². The van der Waals surface area contributed by atoms with Gasteiger partial charge in [-0.3, -0.25) is 4.79 Å². The monoisotopic (exact) mass is 451 g/mol. The molecule has 162 valence electrons. The topological polar surface area (TPSA) is 70.2 Å². The van der Waals surface area contributed by atoms with E-state index in [9.17, 15) is 13.2 Å². The fourth-order valence-corrected chi connectivity index (χ4v) is 4.71. The van der Waals surface area contributed by atoms with E-state index in [1.165, 1.54) is 26.3 Å². The summed E-state index contributed by atoms with van der Waals surface area (Å²) in [7, 11) is -0.821. The number of carbonyl (C=O) groups excluding carboxylic acids is 1. The minimum Gasteiger partial charge on any atom is -0.497 e. The van der Waals surface area contributed by atoms with Crippen molar-refractivity contribution in [1.29, 1.82) is 0 Å². The molecule has 0 aromatic heterocycles. The second-order valence-electron chi connectivity index (χ2n) is 7.24. The third-order valence-electron chi connectivity index (χ3n) is 5.27. The van der Waals surface area contributed by atoms with Crippen LogP contribution in [0.3, 0.4) is 0 Å². The zero-order chi connectivity index (χ0) is 21.9. The molecular formula is C21H26ClN3O4S. The summed E-state index contributed by atoms with van der Waals surface area (Å²) >= 11 is 6.12. The van der Waals surface area contributed by atoms with Crippen LogP contribution in [-0.2, 0) is 14.8 Å². The van der Waals surface area contributed by atoms with E-state index < -0.39 is 10.0 Å². The summed E-state index contributed by atoms with van der Waals surface area (Å²) in [6, 6.07) is 11.9. The van der Waals surface area contributed by atoms with E-state index in [2.05, 4.69) is 4.90 Å². The second kappa shape index (κ2) is 9.24. The van der Waals surface area contributed by atoms with Gasteiger partial charge in [0.2, 0.25) is 15.9 Å². The number of carbonyl (C=O) groups is 1. The number of piperazine rings is 1. The number of methoxy groups -OCH3 is 1. The molecule has 0 aliphatic carbocycles. The Hall–Kier alpha value is -2.29. The van der Waals surface area contributed by atoms with Crippen molar-refractivity contribution in [2.24, 2.45) is 0 Å². The predicted octanol–water partition coefficient (Wildman–Crippen LogP) is 2.63. The third kappa shape index (κ3) is 4.88. The molecule has 1 aliphatic heterocycles. The van der Waals surface area contributed by atoms with Gasteiger partial charge in [-0.25, -0.2) is 8.42 Å². The van der Waals surface area contributed by atoms with E-state index >= 15 is 0 Å². The first-order valence-corrected chi connectivity index (χ1v) is 11.4. The predicted molar refractivity (Wildman–Crippen MR) is 118 cm³/mol. The van der Waals surface area contributed by atoms with Gasteiger partial charge < -0.3 is 14.5 Å². The van der Waals surface area contributed by atoms with Crippen LogP contribution in [0.2, 0.25) is 5.02 Å². The number of benzene rings is 2. The number of rotatable bonds is 6. The lowest BCUT2D eigenvalue weighted by molar-refractivity contribution is -0.131. The standard InChI is InChI=1S/C21H26ClN3O4S/c1-16-4-5-17(22)14-20(16)24-10-12-25(13-11-24)21(26)15-23(2)30(27,28)19-8-6-18(29-3)7-9-19/h4-9,14H,10-13,15H2,1-3H3. The molecule has 0 spiro atoms. The van der Waals surface area contributed by atoms with Gasteiger partial charge in [0.1, 0.15) is 5.75 Å². The van der Waals surface area contributed by atoms with Crippen LogP contribution < -0.4 is 9.64 Å². The van der Waals surface area contributed by atoms with Gasteiger partial charge in [0.25, 0.3) is 0 Å². The molecule has 1 amide bonds. The quantitative estimate of drug-likeness (QED) is 0.675. The molecule has 1 heterocycles. The average Bonchev–Trinajstić information content (AvgIpc) is 2.75. The average molecular weight is 452 g/mol. The first-order valence-electron chi connectivity index (χ1n) is 9.61. The van der Waals surface area contributed by atoms with Gasteiger partial charge in [0, 0.05) is 43.9 Å². The van der Waals surface area contributed by atoms with E-state index in [0.29, 0.717) is 37.0 Å². The van der Waals surface area contributed by atoms with E-state index in [1.54, 1.807) is 17.0 Å². The second-order valence-corrected chi connectivity index (χ2v) is 9.72. The minimum absolute atomic E-state index is 0.125. The van der Waals surface area contributed by atoms with Gasteiger partial charge >= 0.3 is 0 Å². The Morgan fingerprint density at radius 2 is 1.73 bits per heavy atom. The Kier molecular flexibility index (Phi) is 6.90. The molecule has 0 atom stereocenters. The number of likely N-dealkylation sites (N-methyl/N-ethyl adjacent to an activating group) is 1. The zero-order valence-electron chi connectivity index (χ0n) is 17.3. The number of hydrogen-bond acceptors (Lipinski definition) is 5. The number of amides is 1. The highest BCUT2D eigenvalue weighted by Gasteiger charge is 2.27. The number of ether oxygens (including phenoxy) is 1. The Bertz CT molecular complexity index is 1000. The highest BCUT2D eigenvalue weighted by atomic mass is 35.5. The molecule has 0 saturated carbocycles. The summed E-state index contributed by atoms with van der Waals surface area (Å²) in [6.07, 6.45) is 0. The minimum atomic E-state index is -3.76. The fraction of sp³-hybridized carbons (Fsp3) is 0.381. The van der Waals surface area contributed by atoms with Crippen molar-refractivity contribution in [2.45, 2.75) is 11.8 Å². The summed E-state index contributed by atoms with van der Waals surface area (Å²) in [5.41, 5.74) is 2.19. The van der Waals surface area contributed by atoms with Gasteiger partial charge in [0.05, 0.1) is 18.6 Å². The van der Waals surface area contributed by atoms with Crippen LogP contribution in [0.1, 0.15) is 5.56 Å². The van der Waals surface area contributed by atoms with Gasteiger partial charge in [-0.2, -0.15) is 4.31 Å². The lowest BCUT2D eigenvalue weighted by Gasteiger charge is -2.37. The summed E-state index contributed by atoms with van der Waals surface area (Å²) < 4.78 is 31.6. The van der Waals surface area contributed by atoms with Gasteiger partial charge in [-0.05, 0) is 48.9 Å². The lowest BCUT2D eigenvalue weighted by Crippen LogP contribution is -2.51. The van der Waals surface area contributed by atoms with Crippen molar-refractivity contribution in [3.05, 3.63) is 53.1 Å². The molecule has 2 aromatic rings. The lowest BCUT2D eigenvalue weighted by atomic mass is 10.1. The van der Waals surface area contributed by atoms with Crippen LogP contribution in [0.25, 0.3) is 0 Å². The van der Waals surface area contributed by atoms with Crippen molar-refractivity contribution < 1.29 is 17.9 Å². The van der Waals surface area contributed by atoms with Crippen molar-refractivity contribution >= 4 is 33.2 Å². The number of aryl methyl sites for hydroxylation is 1. The first kappa shape index (κ1) is 22.4. The van der Waals surface area contributed by atoms with Gasteiger partial charge in [-0.15, -0.1) is 0 Å². The molecule has 1 fully saturated rings. The molecule has 7 nitrogen and oxygen atoms in total. The van der Waals surface area contributed by atoms with E-state index in [-0.39, 0.29) is 17.3 Å². The molecule has 1 saturated heterocycles. The van der Waals surface area contributed by atoms with Crippen LogP contribution in [-0.4, -0.2) is 70.4 Å². The third-order valence-corrected chi connectivity index (χ3v) is 7.32. The summed E-state index contributed by atoms with van der Waals surface area (Å²) in [5.74, 6) is 0.359. The summed E-state index contributed by atoms with van der Waals surface area (Å²) in [6.45, 7) is 4.22. The van der Waals surface area contributed by atoms with Crippen molar-refractivity contribution in [3.63, 3.8) is 0 Å². The number of nitrogens with zero attached hydrogens (tertiary/aromatic N) is 3. The molecule has 2 aromatic carbocycles. The molecule has 0 N–H and O–H groups in total. The van der Waals surface area contributed by atoms with E-state index in [1.807, 2.05) is 25.1 Å². The number of anilines is 1. The molecule has 0 bridgehead atoms. The highest BCUT2D eigenvalue weighted by Crippen LogP contribution is 2.25. The Labute approximate surface area is 182 Å². The number of sulfonamides is 1. The Morgan fingerprint density at radius 3 is 2.33 bits per heavy atom. The van der Waals surface area contributed by atoms with Crippen molar-refractivity contribution in [3.8, 4) is 5.75 Å². The molecule has 1 aliphatic rings. The van der Waals surface area contributed by atoms with Crippen LogP contribution >= 0.6 is 11.6 Å². The molecule has 30 heavy (non-hydrogen) atoms. The van der Waals surface area contributed by atoms with E-state index in [0.717, 1.165) is 15.6 Å². The largest absolute Gasteiger partial charge is 0.497 e. The highest BCUT2D eigenvalue weighted by molar-refractivity contribution is 7.89. The van der Waals surface area contributed by atoms with Crippen molar-refractivity contribution in [2.75, 3.05) is 51.8 Å². The molecule has 9 heteroatoms. The SMILES string of the molecule is COc1ccc(S(=O)(=O)N(C)CC(=O)N2CCN(c3cc(Cl)ccc3C)CC2)cc1. The normalized spacial score (nSPS) is 14.8. The molecule has 3 rings (SSSR count). The van der Waals surface area contributed by atoms with E-state index in [4.69, 9.17) is 16.3 Å². The van der Waals surface area contributed by atoms with Crippen LogP contribution in [0.15, 0.2) is 47.4 Å². The van der Waals surface area contributed by atoms with Gasteiger partial charge in [0.15, 0.2) is 0 Å². The maximum absolute atomic E-state index is 12.8. The molecule has 0 unspecified atom stereocenters. The number of hydrogen-bond donors (Lipinski definition) is 0. The smallest absolute Gasteiger partial charge is 0.243 e. The Morgan fingerprint density at radius 1 is 1.10 bits per heavy atom. The maximum Gasteiger partial charge on any atom is 0.243 e. The van der Waals surface area contributed by atoms with Crippen LogP contribution in [0.4, 0.5) is 5.69 Å². The zero-order valence-corrected chi connectivity index (χ0v) is 18.9. The summed E-state index contributed by atoms with van der Waals surface area (Å²) in [5, 5.41) is 0.680. The first-order chi connectivity index (χ1) is 14.2. The number of halogens is 1. The maximum atomic E-state index is 12.8. The molecular weight excluding hydrogens is 426 g/mol. The van der Waals surface area contributed by atoms with Gasteiger partial charge in [-0.1, -0.05) is 17.7 Å². The van der Waals surface area contributed by atoms with Crippen LogP contribution in [0, 0.1) is 6.92 Å². The summed E-state index contributed by atoms with van der Waals surface area (Å²) in [4.78, 5) is 16.7. The van der Waals surface area contributed by atoms with Crippen molar-refractivity contribution in [1.82, 2.24) is 9.21 Å². The Balaban J connectivity index is 1.60. The molecule has 0 radical (unpaired) electrons. The fourth-order valence-electron chi connectivity index (χ4n) is 3.42.